The van der Waals surface area contributed by atoms with E-state index in [1.165, 1.54) is 12.8 Å². The summed E-state index contributed by atoms with van der Waals surface area (Å²) in [7, 11) is 0. The molecule has 4 aliphatic rings. The van der Waals surface area contributed by atoms with Crippen LogP contribution in [0.3, 0.4) is 0 Å². The second kappa shape index (κ2) is 40.7. The fraction of sp³-hybridized carbons (Fsp3) is 0.936. The van der Waals surface area contributed by atoms with Crippen molar-refractivity contribution in [3.63, 3.8) is 0 Å². The number of carbonyl (C=O) groups excluding carboxylic acids is 3. The number of amides is 2. The molecule has 0 aromatic heterocycles. The Balaban J connectivity index is 0.000000607. The molecule has 29 N–H and O–H groups in total. The maximum Gasteiger partial charge on any atom is 0.338 e. The van der Waals surface area contributed by atoms with Gasteiger partial charge in [0.25, 0.3) is 11.8 Å². The van der Waals surface area contributed by atoms with Gasteiger partial charge in [-0.1, -0.05) is 26.7 Å². The summed E-state index contributed by atoms with van der Waals surface area (Å²) >= 11 is 0. The third kappa shape index (κ3) is 23.0. The summed E-state index contributed by atoms with van der Waals surface area (Å²) < 4.78 is 35.6. The van der Waals surface area contributed by atoms with Crippen LogP contribution >= 0.6 is 0 Å². The number of hydrogen-bond donors (Lipinski definition) is 27. The molecule has 0 saturated carbocycles. The summed E-state index contributed by atoms with van der Waals surface area (Å²) in [6, 6.07) is 0. The van der Waals surface area contributed by atoms with E-state index in [1.54, 1.807) is 0 Å². The van der Waals surface area contributed by atoms with Crippen LogP contribution in [-0.4, -0.2) is 366 Å². The van der Waals surface area contributed by atoms with Crippen molar-refractivity contribution >= 4 is 17.8 Å². The maximum absolute atomic E-state index is 11.9. The number of cyclic esters (lactones) is 1. The molecule has 4 aliphatic heterocycles. The van der Waals surface area contributed by atoms with E-state index in [0.29, 0.717) is 12.8 Å². The quantitative estimate of drug-likeness (QED) is 0.0255. The van der Waals surface area contributed by atoms with Crippen LogP contribution in [0.1, 0.15) is 46.0 Å². The Morgan fingerprint density at radius 2 is 0.833 bits per heavy atom. The number of aliphatic hydroxyl groups is 23. The van der Waals surface area contributed by atoms with E-state index in [0.717, 1.165) is 13.0 Å². The SMILES string of the molecule is CCCCN.CCCCNC(=O)[C@H](O)[C@@H](O)[C@H](O[C@@H]1OC(CO)[C@H](O)[C@H](O)C1O)[C@H](O)CO.NCCCNC(=O)[C@H](O)[C@@H](O)[C@H](O[C@@H]1OC(CO)[C@H](O)[C@H](O)C1O)[C@H](O)CO.O=C1O[C@H](CO)[C@@H](O[C@@H]2OC(CO)[C@H](O)[C@H](O)C2O)[C@H](O)[C@H]1O. The van der Waals surface area contributed by atoms with E-state index in [4.69, 9.17) is 50.1 Å². The zero-order valence-corrected chi connectivity index (χ0v) is 46.2. The Morgan fingerprint density at radius 1 is 0.488 bits per heavy atom. The van der Waals surface area contributed by atoms with E-state index < -0.39 is 223 Å². The highest BCUT2D eigenvalue weighted by atomic mass is 16.7. The minimum atomic E-state index is -2.08. The van der Waals surface area contributed by atoms with Gasteiger partial charge >= 0.3 is 5.97 Å². The molecule has 0 aromatic rings. The molecule has 0 spiro atoms. The predicted octanol–water partition coefficient (Wildman–Crippen LogP) is -15.6. The monoisotopic (exact) mass is 1240 g/mol. The van der Waals surface area contributed by atoms with Crippen molar-refractivity contribution in [1.29, 1.82) is 0 Å². The average Bonchev–Trinajstić information content (AvgIpc) is 3.45. The van der Waals surface area contributed by atoms with Crippen LogP contribution < -0.4 is 22.1 Å². The minimum absolute atomic E-state index is 0.125. The molecule has 0 bridgehead atoms. The fourth-order valence-electron chi connectivity index (χ4n) is 7.93. The molecule has 498 valence electrons. The third-order valence-corrected chi connectivity index (χ3v) is 13.2. The number of nitrogens with one attached hydrogen (secondary N) is 2. The zero-order chi connectivity index (χ0) is 64.3. The van der Waals surface area contributed by atoms with E-state index in [-0.39, 0.29) is 19.6 Å². The van der Waals surface area contributed by atoms with Crippen LogP contribution in [0.4, 0.5) is 0 Å². The van der Waals surface area contributed by atoms with Gasteiger partial charge in [-0.05, 0) is 32.4 Å². The molecule has 84 heavy (non-hydrogen) atoms. The van der Waals surface area contributed by atoms with E-state index >= 15 is 0 Å². The third-order valence-electron chi connectivity index (χ3n) is 13.2. The van der Waals surface area contributed by atoms with E-state index in [1.807, 2.05) is 6.92 Å². The first-order valence-corrected chi connectivity index (χ1v) is 26.9. The Hall–Kier alpha value is -2.83. The first kappa shape index (κ1) is 79.2. The Bertz CT molecular complexity index is 1710. The number of ether oxygens (including phenoxy) is 7. The molecule has 2 amide bonds. The number of aliphatic hydroxyl groups excluding tert-OH is 23. The molecule has 4 rings (SSSR count). The van der Waals surface area contributed by atoms with Crippen LogP contribution in [0.25, 0.3) is 0 Å². The predicted molar refractivity (Wildman–Crippen MR) is 274 cm³/mol. The number of nitrogens with two attached hydrogens (primary N) is 2. The number of esters is 1. The number of hydrogen-bond acceptors (Lipinski definition) is 35. The van der Waals surface area contributed by atoms with Gasteiger partial charge in [0.05, 0.1) is 39.6 Å². The van der Waals surface area contributed by atoms with Gasteiger partial charge in [-0.3, -0.25) is 9.59 Å². The van der Waals surface area contributed by atoms with Crippen LogP contribution in [0.5, 0.6) is 0 Å². The smallest absolute Gasteiger partial charge is 0.338 e. The summed E-state index contributed by atoms with van der Waals surface area (Å²) in [5, 5.41) is 228. The lowest BCUT2D eigenvalue weighted by Gasteiger charge is -2.43. The van der Waals surface area contributed by atoms with Crippen molar-refractivity contribution in [3.8, 4) is 0 Å². The van der Waals surface area contributed by atoms with E-state index in [2.05, 4.69) is 22.3 Å². The zero-order valence-electron chi connectivity index (χ0n) is 46.2. The standard InChI is InChI=1S/C16H31NO11.C15H30N2O11.C12H20O11.C4H11N/c1-2-3-4-17-15(26)12(24)11(23)14(7(20)5-18)28-16-13(25)10(22)9(21)8(6-19)27-16;16-2-1-3-17-14(26)11(24)10(23)13(6(20)4-18)28-15-12(25)9(22)8(21)7(5-19)27-15;13-1-3-5(15)6(16)9(19)12(22-3)23-10-4(2-14)21-11(20)8(18)7(10)17;1-2-3-4-5/h7-14,16,18-25H,2-6H2,1H3,(H,17,26);6-13,15,18-25H,1-5,16H2,(H,17,26);3-10,12-19H,1-2H2;2-5H2,1H3/t7-,8?,9+,10+,11-,12-,13?,14-,16+;6-,7?,8+,9+,10-,11-,12?,13-,15+;3?,4-,5+,6+,7-,8-,9?,10-,12+;/m111./s1. The molecule has 4 heterocycles. The highest BCUT2D eigenvalue weighted by Crippen LogP contribution is 2.29. The summed E-state index contributed by atoms with van der Waals surface area (Å²) in [6.07, 6.45) is -42.3. The molecule has 27 atom stereocenters. The molecule has 6 unspecified atom stereocenters. The van der Waals surface area contributed by atoms with Gasteiger partial charge < -0.3 is 173 Å². The second-order valence-corrected chi connectivity index (χ2v) is 19.6. The molecule has 0 radical (unpaired) electrons. The van der Waals surface area contributed by atoms with Crippen molar-refractivity contribution in [1.82, 2.24) is 10.6 Å². The summed E-state index contributed by atoms with van der Waals surface area (Å²) in [5.74, 6) is -3.08. The van der Waals surface area contributed by atoms with Crippen LogP contribution in [0.15, 0.2) is 0 Å². The molecular formula is C47H92N4O33. The summed E-state index contributed by atoms with van der Waals surface area (Å²) in [6.45, 7) is 0.754. The van der Waals surface area contributed by atoms with E-state index in [9.17, 15) is 122 Å². The number of carbonyl (C=O) groups is 3. The van der Waals surface area contributed by atoms with Gasteiger partial charge in [0, 0.05) is 13.1 Å². The van der Waals surface area contributed by atoms with Crippen molar-refractivity contribution in [2.45, 2.75) is 211 Å². The Labute approximate surface area is 481 Å². The van der Waals surface area contributed by atoms with Gasteiger partial charge in [0.15, 0.2) is 43.3 Å². The minimum Gasteiger partial charge on any atom is -0.455 e. The Kier molecular flexibility index (Phi) is 38.3. The van der Waals surface area contributed by atoms with Crippen molar-refractivity contribution in [2.24, 2.45) is 11.5 Å². The largest absolute Gasteiger partial charge is 0.455 e. The fourth-order valence-corrected chi connectivity index (χ4v) is 7.93. The molecule has 37 heteroatoms. The van der Waals surface area contributed by atoms with Crippen LogP contribution in [-0.2, 0) is 47.5 Å². The number of rotatable bonds is 28. The lowest BCUT2D eigenvalue weighted by Crippen LogP contribution is -2.63. The van der Waals surface area contributed by atoms with Crippen molar-refractivity contribution in [2.75, 3.05) is 65.8 Å². The van der Waals surface area contributed by atoms with Gasteiger partial charge in [0.1, 0.15) is 122 Å². The van der Waals surface area contributed by atoms with Crippen molar-refractivity contribution < 1.29 is 165 Å². The molecule has 4 saturated heterocycles. The second-order valence-electron chi connectivity index (χ2n) is 19.6. The highest BCUT2D eigenvalue weighted by molar-refractivity contribution is 5.81. The van der Waals surface area contributed by atoms with Gasteiger partial charge in [-0.2, -0.15) is 0 Å². The van der Waals surface area contributed by atoms with Crippen LogP contribution in [0, 0.1) is 0 Å². The molecule has 0 aromatic carbocycles. The Morgan fingerprint density at radius 3 is 1.15 bits per heavy atom. The lowest BCUT2D eigenvalue weighted by atomic mass is 9.97. The van der Waals surface area contributed by atoms with Crippen LogP contribution in [0.2, 0.25) is 0 Å². The molecule has 4 fully saturated rings. The van der Waals surface area contributed by atoms with Gasteiger partial charge in [-0.25, -0.2) is 4.79 Å². The number of unbranched alkanes of at least 4 members (excludes halogenated alkanes) is 2. The molecule has 0 aliphatic carbocycles. The van der Waals surface area contributed by atoms with Crippen molar-refractivity contribution in [3.05, 3.63) is 0 Å². The first-order valence-electron chi connectivity index (χ1n) is 26.9. The van der Waals surface area contributed by atoms with Gasteiger partial charge in [-0.15, -0.1) is 0 Å². The summed E-state index contributed by atoms with van der Waals surface area (Å²) in [4.78, 5) is 35.1. The summed E-state index contributed by atoms with van der Waals surface area (Å²) in [5.41, 5.74) is 10.4. The first-order chi connectivity index (χ1) is 39.6. The highest BCUT2D eigenvalue weighted by Gasteiger charge is 2.52. The maximum atomic E-state index is 11.9. The average molecular weight is 1240 g/mol. The normalized spacial score (nSPS) is 35.3. The molecule has 37 nitrogen and oxygen atoms in total. The molecular weight excluding hydrogens is 1150 g/mol. The van der Waals surface area contributed by atoms with Gasteiger partial charge in [0.2, 0.25) is 0 Å². The lowest BCUT2D eigenvalue weighted by molar-refractivity contribution is -0.331. The topological polar surface area (TPSA) is 657 Å².